The van der Waals surface area contributed by atoms with Gasteiger partial charge in [0.2, 0.25) is 0 Å². The van der Waals surface area contributed by atoms with Gasteiger partial charge in [-0.2, -0.15) is 0 Å². The number of nitrogens with one attached hydrogen (secondary N) is 1. The highest BCUT2D eigenvalue weighted by molar-refractivity contribution is 7.10. The Hall–Kier alpha value is -1.20. The quantitative estimate of drug-likeness (QED) is 0.857. The van der Waals surface area contributed by atoms with Crippen LogP contribution < -0.4 is 5.32 Å². The molecule has 0 aliphatic heterocycles. The number of aromatic nitrogens is 3. The molecule has 0 amide bonds. The Kier molecular flexibility index (Phi) is 4.28. The summed E-state index contributed by atoms with van der Waals surface area (Å²) in [6.07, 6.45) is 2.86. The molecule has 5 heteroatoms. The second kappa shape index (κ2) is 5.93. The van der Waals surface area contributed by atoms with Crippen LogP contribution in [0.1, 0.15) is 37.0 Å². The Morgan fingerprint density at radius 3 is 3.00 bits per heavy atom. The maximum Gasteiger partial charge on any atom is 0.146 e. The fourth-order valence-electron chi connectivity index (χ4n) is 1.83. The summed E-state index contributed by atoms with van der Waals surface area (Å²) < 4.78 is 2.06. The largest absolute Gasteiger partial charge is 0.317 e. The molecule has 0 aliphatic carbocycles. The summed E-state index contributed by atoms with van der Waals surface area (Å²) in [5, 5.41) is 13.7. The lowest BCUT2D eigenvalue weighted by Crippen LogP contribution is -2.21. The lowest BCUT2D eigenvalue weighted by atomic mass is 10.2. The third-order valence-electron chi connectivity index (χ3n) is 2.84. The Balaban J connectivity index is 1.97. The topological polar surface area (TPSA) is 42.7 Å². The normalized spacial score (nSPS) is 12.8. The van der Waals surface area contributed by atoms with E-state index in [2.05, 4.69) is 51.4 Å². The van der Waals surface area contributed by atoms with Crippen LogP contribution in [0.3, 0.4) is 0 Å². The summed E-state index contributed by atoms with van der Waals surface area (Å²) >= 11 is 1.80. The van der Waals surface area contributed by atoms with Crippen LogP contribution in [0.15, 0.2) is 23.8 Å². The molecule has 0 aromatic carbocycles. The minimum Gasteiger partial charge on any atom is -0.317 e. The Labute approximate surface area is 106 Å². The number of hydrogen-bond acceptors (Lipinski definition) is 4. The maximum atomic E-state index is 4.13. The molecule has 2 rings (SSSR count). The Morgan fingerprint density at radius 2 is 2.35 bits per heavy atom. The number of nitrogens with zero attached hydrogens (tertiary/aromatic N) is 3. The molecular formula is C12H18N4S. The minimum absolute atomic E-state index is 0.414. The molecule has 0 bridgehead atoms. The van der Waals surface area contributed by atoms with Gasteiger partial charge < -0.3 is 9.88 Å². The Morgan fingerprint density at radius 1 is 1.47 bits per heavy atom. The first kappa shape index (κ1) is 12.3. The molecule has 0 spiro atoms. The third kappa shape index (κ3) is 2.92. The van der Waals surface area contributed by atoms with Crippen LogP contribution >= 0.6 is 11.3 Å². The van der Waals surface area contributed by atoms with Gasteiger partial charge in [-0.25, -0.2) is 0 Å². The highest BCUT2D eigenvalue weighted by Crippen LogP contribution is 2.21. The monoisotopic (exact) mass is 250 g/mol. The molecule has 1 unspecified atom stereocenters. The molecule has 0 saturated carbocycles. The van der Waals surface area contributed by atoms with Crippen molar-refractivity contribution in [3.05, 3.63) is 34.5 Å². The summed E-state index contributed by atoms with van der Waals surface area (Å²) in [5.41, 5.74) is 0. The SMILES string of the molecule is CCC(NCc1nncn1CC)c1cccs1. The van der Waals surface area contributed by atoms with Crippen molar-refractivity contribution in [2.24, 2.45) is 0 Å². The fraction of sp³-hybridized carbons (Fsp3) is 0.500. The molecule has 2 heterocycles. The molecule has 1 N–H and O–H groups in total. The molecule has 92 valence electrons. The van der Waals surface area contributed by atoms with Crippen LogP contribution in [0, 0.1) is 0 Å². The van der Waals surface area contributed by atoms with E-state index in [-0.39, 0.29) is 0 Å². The van der Waals surface area contributed by atoms with E-state index in [4.69, 9.17) is 0 Å². The fourth-order valence-corrected chi connectivity index (χ4v) is 2.72. The molecule has 0 aliphatic rings. The minimum atomic E-state index is 0.414. The van der Waals surface area contributed by atoms with Crippen LogP contribution in [0.5, 0.6) is 0 Å². The van der Waals surface area contributed by atoms with Crippen molar-refractivity contribution in [3.8, 4) is 0 Å². The average Bonchev–Trinajstić information content (AvgIpc) is 2.99. The predicted molar refractivity (Wildman–Crippen MR) is 69.9 cm³/mol. The summed E-state index contributed by atoms with van der Waals surface area (Å²) in [7, 11) is 0. The molecule has 4 nitrogen and oxygen atoms in total. The molecule has 1 atom stereocenters. The number of hydrogen-bond donors (Lipinski definition) is 1. The van der Waals surface area contributed by atoms with E-state index in [9.17, 15) is 0 Å². The highest BCUT2D eigenvalue weighted by atomic mass is 32.1. The highest BCUT2D eigenvalue weighted by Gasteiger charge is 2.11. The molecule has 0 fully saturated rings. The number of thiophene rings is 1. The third-order valence-corrected chi connectivity index (χ3v) is 3.82. The van der Waals surface area contributed by atoms with Crippen molar-refractivity contribution in [1.82, 2.24) is 20.1 Å². The van der Waals surface area contributed by atoms with Gasteiger partial charge in [0.05, 0.1) is 6.54 Å². The van der Waals surface area contributed by atoms with Crippen LogP contribution in [-0.2, 0) is 13.1 Å². The zero-order chi connectivity index (χ0) is 12.1. The van der Waals surface area contributed by atoms with Crippen LogP contribution in [-0.4, -0.2) is 14.8 Å². The van der Waals surface area contributed by atoms with Crippen molar-refractivity contribution >= 4 is 11.3 Å². The summed E-state index contributed by atoms with van der Waals surface area (Å²) in [4.78, 5) is 1.38. The van der Waals surface area contributed by atoms with Crippen molar-refractivity contribution < 1.29 is 0 Å². The van der Waals surface area contributed by atoms with Crippen molar-refractivity contribution in [2.75, 3.05) is 0 Å². The maximum absolute atomic E-state index is 4.13. The van der Waals surface area contributed by atoms with Crippen molar-refractivity contribution in [1.29, 1.82) is 0 Å². The van der Waals surface area contributed by atoms with E-state index >= 15 is 0 Å². The van der Waals surface area contributed by atoms with E-state index in [1.165, 1.54) is 4.88 Å². The zero-order valence-electron chi connectivity index (χ0n) is 10.3. The van der Waals surface area contributed by atoms with Gasteiger partial charge in [-0.3, -0.25) is 0 Å². The van der Waals surface area contributed by atoms with Gasteiger partial charge in [0.1, 0.15) is 12.2 Å². The van der Waals surface area contributed by atoms with Crippen molar-refractivity contribution in [2.45, 2.75) is 39.4 Å². The van der Waals surface area contributed by atoms with Gasteiger partial charge in [-0.1, -0.05) is 13.0 Å². The van der Waals surface area contributed by atoms with Crippen LogP contribution in [0.25, 0.3) is 0 Å². The average molecular weight is 250 g/mol. The van der Waals surface area contributed by atoms with Gasteiger partial charge in [0.15, 0.2) is 0 Å². The van der Waals surface area contributed by atoms with Crippen LogP contribution in [0.4, 0.5) is 0 Å². The van der Waals surface area contributed by atoms with Gasteiger partial charge in [0.25, 0.3) is 0 Å². The van der Waals surface area contributed by atoms with Gasteiger partial charge in [-0.05, 0) is 24.8 Å². The van der Waals surface area contributed by atoms with Crippen LogP contribution in [0.2, 0.25) is 0 Å². The van der Waals surface area contributed by atoms with Gasteiger partial charge in [-0.15, -0.1) is 21.5 Å². The van der Waals surface area contributed by atoms with Gasteiger partial charge in [0, 0.05) is 17.5 Å². The smallest absolute Gasteiger partial charge is 0.146 e. The first-order valence-corrected chi connectivity index (χ1v) is 6.86. The summed E-state index contributed by atoms with van der Waals surface area (Å²) in [5.74, 6) is 1.00. The van der Waals surface area contributed by atoms with E-state index in [0.717, 1.165) is 25.3 Å². The molecule has 0 radical (unpaired) electrons. The van der Waals surface area contributed by atoms with Crippen molar-refractivity contribution in [3.63, 3.8) is 0 Å². The number of rotatable bonds is 6. The van der Waals surface area contributed by atoms with E-state index in [1.807, 2.05) is 0 Å². The summed E-state index contributed by atoms with van der Waals surface area (Å²) in [6.45, 7) is 5.98. The van der Waals surface area contributed by atoms with E-state index in [0.29, 0.717) is 6.04 Å². The van der Waals surface area contributed by atoms with E-state index < -0.39 is 0 Å². The zero-order valence-corrected chi connectivity index (χ0v) is 11.1. The second-order valence-corrected chi connectivity index (χ2v) is 4.87. The molecular weight excluding hydrogens is 232 g/mol. The first-order chi connectivity index (χ1) is 8.35. The standard InChI is InChI=1S/C12H18N4S/c1-3-10(11-6-5-7-17-11)13-8-12-15-14-9-16(12)4-2/h5-7,9-10,13H,3-4,8H2,1-2H3. The molecule has 2 aromatic heterocycles. The van der Waals surface area contributed by atoms with Gasteiger partial charge >= 0.3 is 0 Å². The lowest BCUT2D eigenvalue weighted by Gasteiger charge is -2.15. The molecule has 17 heavy (non-hydrogen) atoms. The Bertz CT molecular complexity index is 435. The predicted octanol–water partition coefficient (Wildman–Crippen LogP) is 2.60. The first-order valence-electron chi connectivity index (χ1n) is 5.98. The molecule has 0 saturated heterocycles. The number of aryl methyl sites for hydroxylation is 1. The summed E-state index contributed by atoms with van der Waals surface area (Å²) in [6, 6.07) is 4.69. The molecule has 2 aromatic rings. The second-order valence-electron chi connectivity index (χ2n) is 3.89. The lowest BCUT2D eigenvalue weighted by molar-refractivity contribution is 0.503. The van der Waals surface area contributed by atoms with E-state index in [1.54, 1.807) is 17.7 Å².